The van der Waals surface area contributed by atoms with Crippen molar-refractivity contribution in [3.05, 3.63) is 61.1 Å². The van der Waals surface area contributed by atoms with Crippen molar-refractivity contribution in [1.29, 1.82) is 0 Å². The van der Waals surface area contributed by atoms with Crippen LogP contribution in [0.1, 0.15) is 20.7 Å². The fraction of sp³-hybridized carbons (Fsp3) is 0.250. The second kappa shape index (κ2) is 10.0. The van der Waals surface area contributed by atoms with Gasteiger partial charge >= 0.3 is 0 Å². The number of rotatable bonds is 10. The summed E-state index contributed by atoms with van der Waals surface area (Å²) in [6.07, 6.45) is 2.61. The highest BCUT2D eigenvalue weighted by Gasteiger charge is 2.15. The van der Waals surface area contributed by atoms with Gasteiger partial charge in [0.05, 0.1) is 36.7 Å². The Hall–Kier alpha value is -2.76. The number of carbonyl (C=O) groups excluding carboxylic acids is 2. The highest BCUT2D eigenvalue weighted by atomic mass is 16.5. The van der Waals surface area contributed by atoms with E-state index in [2.05, 4.69) is 23.8 Å². The molecule has 1 aromatic rings. The van der Waals surface area contributed by atoms with Gasteiger partial charge < -0.3 is 20.1 Å². The zero-order valence-corrected chi connectivity index (χ0v) is 12.3. The second-order valence-electron chi connectivity index (χ2n) is 4.13. The number of amides is 2. The number of carbonyl (C=O) groups is 2. The van der Waals surface area contributed by atoms with Crippen LogP contribution in [0.2, 0.25) is 0 Å². The maximum Gasteiger partial charge on any atom is 0.252 e. The quantitative estimate of drug-likeness (QED) is 0.507. The van der Waals surface area contributed by atoms with Gasteiger partial charge in [0.2, 0.25) is 0 Å². The molecule has 0 radical (unpaired) electrons. The van der Waals surface area contributed by atoms with E-state index in [1.54, 1.807) is 24.3 Å². The van der Waals surface area contributed by atoms with E-state index in [1.807, 2.05) is 0 Å². The minimum absolute atomic E-state index is 0.309. The molecule has 2 amide bonds. The first-order valence-corrected chi connectivity index (χ1v) is 6.81. The van der Waals surface area contributed by atoms with Crippen LogP contribution in [0, 0.1) is 0 Å². The molecular weight excluding hydrogens is 284 g/mol. The monoisotopic (exact) mass is 304 g/mol. The van der Waals surface area contributed by atoms with E-state index in [4.69, 9.17) is 9.47 Å². The Balaban J connectivity index is 2.63. The molecule has 0 aromatic heterocycles. The minimum Gasteiger partial charge on any atom is -0.500 e. The normalized spacial score (nSPS) is 9.45. The van der Waals surface area contributed by atoms with Gasteiger partial charge in [-0.2, -0.15) is 0 Å². The molecular formula is C16H20N2O4. The third kappa shape index (κ3) is 5.70. The first kappa shape index (κ1) is 17.3. The smallest absolute Gasteiger partial charge is 0.252 e. The Bertz CT molecular complexity index is 482. The molecule has 6 nitrogen and oxygen atoms in total. The minimum atomic E-state index is -0.333. The Kier molecular flexibility index (Phi) is 7.89. The molecule has 0 heterocycles. The first-order chi connectivity index (χ1) is 10.7. The number of hydrogen-bond donors (Lipinski definition) is 2. The third-order valence-corrected chi connectivity index (χ3v) is 2.66. The molecule has 22 heavy (non-hydrogen) atoms. The summed E-state index contributed by atoms with van der Waals surface area (Å²) in [5, 5.41) is 5.35. The van der Waals surface area contributed by atoms with Crippen molar-refractivity contribution >= 4 is 11.8 Å². The summed E-state index contributed by atoms with van der Waals surface area (Å²) in [4.78, 5) is 24.2. The maximum atomic E-state index is 12.1. The predicted octanol–water partition coefficient (Wildman–Crippen LogP) is 1.47. The lowest BCUT2D eigenvalue weighted by atomic mass is 10.1. The van der Waals surface area contributed by atoms with Crippen LogP contribution in [0.25, 0.3) is 0 Å². The lowest BCUT2D eigenvalue weighted by Gasteiger charge is -2.10. The number of hydrogen-bond acceptors (Lipinski definition) is 4. The van der Waals surface area contributed by atoms with Gasteiger partial charge in [0.25, 0.3) is 11.8 Å². The Labute approximate surface area is 129 Å². The molecule has 2 N–H and O–H groups in total. The zero-order chi connectivity index (χ0) is 16.2. The van der Waals surface area contributed by atoms with E-state index in [-0.39, 0.29) is 11.8 Å². The molecule has 0 atom stereocenters. The lowest BCUT2D eigenvalue weighted by molar-refractivity contribution is 0.0909. The molecule has 0 fully saturated rings. The van der Waals surface area contributed by atoms with Gasteiger partial charge in [0.15, 0.2) is 0 Å². The van der Waals surface area contributed by atoms with E-state index in [9.17, 15) is 9.59 Å². The number of benzene rings is 1. The maximum absolute atomic E-state index is 12.1. The zero-order valence-electron chi connectivity index (χ0n) is 12.3. The molecule has 1 aromatic carbocycles. The van der Waals surface area contributed by atoms with Crippen molar-refractivity contribution in [1.82, 2.24) is 10.6 Å². The molecule has 0 aliphatic heterocycles. The third-order valence-electron chi connectivity index (χ3n) is 2.66. The Morgan fingerprint density at radius 3 is 1.68 bits per heavy atom. The number of nitrogens with one attached hydrogen (secondary N) is 2. The summed E-state index contributed by atoms with van der Waals surface area (Å²) < 4.78 is 9.84. The van der Waals surface area contributed by atoms with E-state index in [0.717, 1.165) is 0 Å². The summed E-state index contributed by atoms with van der Waals surface area (Å²) in [5.41, 5.74) is 0.617. The average molecular weight is 304 g/mol. The summed E-state index contributed by atoms with van der Waals surface area (Å²) in [6.45, 7) is 8.12. The van der Waals surface area contributed by atoms with Gasteiger partial charge in [0, 0.05) is 0 Å². The van der Waals surface area contributed by atoms with E-state index < -0.39 is 0 Å². The molecule has 0 saturated carbocycles. The van der Waals surface area contributed by atoms with E-state index in [0.29, 0.717) is 37.4 Å². The van der Waals surface area contributed by atoms with Gasteiger partial charge in [-0.25, -0.2) is 0 Å². The Morgan fingerprint density at radius 1 is 0.909 bits per heavy atom. The molecule has 1 rings (SSSR count). The van der Waals surface area contributed by atoms with Gasteiger partial charge in [-0.3, -0.25) is 9.59 Å². The SMILES string of the molecule is C=COCCNC(=O)c1ccccc1C(=O)NCCOC=C. The van der Waals surface area contributed by atoms with E-state index >= 15 is 0 Å². The second-order valence-corrected chi connectivity index (χ2v) is 4.13. The molecule has 0 aliphatic rings. The van der Waals surface area contributed by atoms with Crippen LogP contribution >= 0.6 is 0 Å². The standard InChI is InChI=1S/C16H20N2O4/c1-3-21-11-9-17-15(19)13-7-5-6-8-14(13)16(20)18-10-12-22-4-2/h3-8H,1-2,9-12H2,(H,17,19)(H,18,20). The van der Waals surface area contributed by atoms with Crippen LogP contribution in [-0.2, 0) is 9.47 Å². The van der Waals surface area contributed by atoms with Crippen LogP contribution < -0.4 is 10.6 Å². The van der Waals surface area contributed by atoms with Crippen LogP contribution in [-0.4, -0.2) is 38.1 Å². The van der Waals surface area contributed by atoms with Crippen molar-refractivity contribution in [3.63, 3.8) is 0 Å². The predicted molar refractivity (Wildman–Crippen MR) is 83.4 cm³/mol. The molecule has 0 bridgehead atoms. The molecule has 0 unspecified atom stereocenters. The molecule has 6 heteroatoms. The largest absolute Gasteiger partial charge is 0.500 e. The summed E-state index contributed by atoms with van der Waals surface area (Å²) in [6, 6.07) is 6.59. The van der Waals surface area contributed by atoms with Gasteiger partial charge in [-0.05, 0) is 12.1 Å². The highest BCUT2D eigenvalue weighted by molar-refractivity contribution is 6.07. The lowest BCUT2D eigenvalue weighted by Crippen LogP contribution is -2.32. The van der Waals surface area contributed by atoms with Crippen molar-refractivity contribution < 1.29 is 19.1 Å². The van der Waals surface area contributed by atoms with E-state index in [1.165, 1.54) is 12.5 Å². The highest BCUT2D eigenvalue weighted by Crippen LogP contribution is 2.08. The number of ether oxygens (including phenoxy) is 2. The van der Waals surface area contributed by atoms with Crippen molar-refractivity contribution in [2.24, 2.45) is 0 Å². The van der Waals surface area contributed by atoms with Crippen molar-refractivity contribution in [2.45, 2.75) is 0 Å². The van der Waals surface area contributed by atoms with Gasteiger partial charge in [-0.15, -0.1) is 0 Å². The summed E-state index contributed by atoms with van der Waals surface area (Å²) >= 11 is 0. The molecule has 0 saturated heterocycles. The molecule has 0 aliphatic carbocycles. The summed E-state index contributed by atoms with van der Waals surface area (Å²) in [7, 11) is 0. The molecule has 0 spiro atoms. The van der Waals surface area contributed by atoms with Crippen LogP contribution in [0.5, 0.6) is 0 Å². The Morgan fingerprint density at radius 2 is 1.32 bits per heavy atom. The topological polar surface area (TPSA) is 76.7 Å². The van der Waals surface area contributed by atoms with Gasteiger partial charge in [0.1, 0.15) is 13.2 Å². The van der Waals surface area contributed by atoms with Crippen LogP contribution in [0.4, 0.5) is 0 Å². The summed E-state index contributed by atoms with van der Waals surface area (Å²) in [5.74, 6) is -0.665. The first-order valence-electron chi connectivity index (χ1n) is 6.81. The van der Waals surface area contributed by atoms with Crippen molar-refractivity contribution in [2.75, 3.05) is 26.3 Å². The average Bonchev–Trinajstić information content (AvgIpc) is 2.55. The fourth-order valence-electron chi connectivity index (χ4n) is 1.68. The molecule has 118 valence electrons. The van der Waals surface area contributed by atoms with Gasteiger partial charge in [-0.1, -0.05) is 25.3 Å². The fourth-order valence-corrected chi connectivity index (χ4v) is 1.68. The van der Waals surface area contributed by atoms with Crippen molar-refractivity contribution in [3.8, 4) is 0 Å². The van der Waals surface area contributed by atoms with Crippen LogP contribution in [0.3, 0.4) is 0 Å². The van der Waals surface area contributed by atoms with Crippen LogP contribution in [0.15, 0.2) is 49.9 Å².